The van der Waals surface area contributed by atoms with Crippen molar-refractivity contribution in [2.45, 2.75) is 31.6 Å². The number of carbonyl (C=O) groups is 1. The monoisotopic (exact) mass is 528 g/mol. The number of piperidine rings is 1. The molecule has 1 aromatic heterocycles. The van der Waals surface area contributed by atoms with Crippen molar-refractivity contribution in [3.05, 3.63) is 48.0 Å². The molecule has 1 amide bonds. The molecule has 1 atom stereocenters. The van der Waals surface area contributed by atoms with Crippen LogP contribution in [0.5, 0.6) is 5.75 Å². The maximum Gasteiger partial charge on any atom is 0.243 e. The van der Waals surface area contributed by atoms with Crippen molar-refractivity contribution in [3.8, 4) is 5.75 Å². The quantitative estimate of drug-likeness (QED) is 0.485. The summed E-state index contributed by atoms with van der Waals surface area (Å²) in [6.07, 6.45) is 1.41. The Balaban J connectivity index is 1.21. The summed E-state index contributed by atoms with van der Waals surface area (Å²) in [5.74, 6) is 0.607. The molecule has 0 radical (unpaired) electrons. The second kappa shape index (κ2) is 10.4. The number of amides is 1. The third kappa shape index (κ3) is 5.07. The van der Waals surface area contributed by atoms with Crippen LogP contribution in [-0.2, 0) is 14.8 Å². The van der Waals surface area contributed by atoms with Crippen LogP contribution in [0, 0.1) is 12.8 Å². The number of rotatable bonds is 6. The molecule has 1 unspecified atom stereocenters. The van der Waals surface area contributed by atoms with Gasteiger partial charge in [-0.05, 0) is 57.0 Å². The third-order valence-electron chi connectivity index (χ3n) is 6.91. The molecule has 192 valence electrons. The van der Waals surface area contributed by atoms with E-state index in [1.807, 2.05) is 49.1 Å². The maximum atomic E-state index is 13.3. The van der Waals surface area contributed by atoms with Crippen LogP contribution in [-0.4, -0.2) is 74.4 Å². The molecule has 10 heteroatoms. The normalized spacial score (nSPS) is 19.6. The first-order chi connectivity index (χ1) is 17.3. The number of hydrogen-bond acceptors (Lipinski definition) is 7. The number of carbonyl (C=O) groups excluding carboxylic acids is 1. The van der Waals surface area contributed by atoms with Gasteiger partial charge < -0.3 is 14.5 Å². The Morgan fingerprint density at radius 1 is 1.08 bits per heavy atom. The molecule has 3 heterocycles. The SMILES string of the molecule is CCOc1ccc2nc(N3CCN(C(=O)C4CCCN(S(=O)(=O)c5ccc(C)cc5)C4)CC3)sc2c1. The fourth-order valence-electron chi connectivity index (χ4n) is 4.88. The molecule has 8 nitrogen and oxygen atoms in total. The molecule has 0 saturated carbocycles. The van der Waals surface area contributed by atoms with E-state index in [9.17, 15) is 13.2 Å². The summed E-state index contributed by atoms with van der Waals surface area (Å²) >= 11 is 1.64. The molecular weight excluding hydrogens is 496 g/mol. The molecule has 36 heavy (non-hydrogen) atoms. The van der Waals surface area contributed by atoms with Crippen LogP contribution in [0.15, 0.2) is 47.4 Å². The van der Waals surface area contributed by atoms with E-state index < -0.39 is 10.0 Å². The van der Waals surface area contributed by atoms with E-state index in [0.29, 0.717) is 50.6 Å². The van der Waals surface area contributed by atoms with Crippen LogP contribution in [0.3, 0.4) is 0 Å². The first kappa shape index (κ1) is 25.0. The van der Waals surface area contributed by atoms with Crippen LogP contribution in [0.2, 0.25) is 0 Å². The molecule has 2 saturated heterocycles. The van der Waals surface area contributed by atoms with Gasteiger partial charge in [0, 0.05) is 39.3 Å². The van der Waals surface area contributed by atoms with Crippen LogP contribution >= 0.6 is 11.3 Å². The summed E-state index contributed by atoms with van der Waals surface area (Å²) in [5.41, 5.74) is 1.97. The minimum Gasteiger partial charge on any atom is -0.494 e. The Hall–Kier alpha value is -2.69. The molecule has 3 aromatic rings. The second-order valence-corrected chi connectivity index (χ2v) is 12.3. The standard InChI is InChI=1S/C26H32N4O4S2/c1-3-34-21-8-11-23-24(17-21)35-26(27-23)29-15-13-28(14-16-29)25(31)20-5-4-12-30(18-20)36(32,33)22-9-6-19(2)7-10-22/h6-11,17,20H,3-5,12-16,18H2,1-2H3. The van der Waals surface area contributed by atoms with E-state index in [2.05, 4.69) is 4.90 Å². The fraction of sp³-hybridized carbons (Fsp3) is 0.462. The number of sulfonamides is 1. The zero-order valence-corrected chi connectivity index (χ0v) is 22.4. The van der Waals surface area contributed by atoms with Crippen LogP contribution in [0.1, 0.15) is 25.3 Å². The number of benzene rings is 2. The zero-order valence-electron chi connectivity index (χ0n) is 20.7. The number of anilines is 1. The molecule has 0 bridgehead atoms. The van der Waals surface area contributed by atoms with E-state index in [-0.39, 0.29) is 18.4 Å². The topological polar surface area (TPSA) is 83.1 Å². The van der Waals surface area contributed by atoms with Gasteiger partial charge in [-0.1, -0.05) is 29.0 Å². The van der Waals surface area contributed by atoms with Gasteiger partial charge in [0.15, 0.2) is 5.13 Å². The highest BCUT2D eigenvalue weighted by Crippen LogP contribution is 2.32. The van der Waals surface area contributed by atoms with Crippen molar-refractivity contribution in [3.63, 3.8) is 0 Å². The van der Waals surface area contributed by atoms with Gasteiger partial charge in [-0.3, -0.25) is 4.79 Å². The first-order valence-electron chi connectivity index (χ1n) is 12.5. The third-order valence-corrected chi connectivity index (χ3v) is 9.87. The number of ether oxygens (including phenoxy) is 1. The van der Waals surface area contributed by atoms with Crippen molar-refractivity contribution in [1.82, 2.24) is 14.2 Å². The number of thiazole rings is 1. The van der Waals surface area contributed by atoms with E-state index in [1.165, 1.54) is 4.31 Å². The van der Waals surface area contributed by atoms with Crippen molar-refractivity contribution in [2.24, 2.45) is 5.92 Å². The van der Waals surface area contributed by atoms with Gasteiger partial charge in [0.2, 0.25) is 15.9 Å². The molecule has 0 spiro atoms. The largest absolute Gasteiger partial charge is 0.494 e. The average molecular weight is 529 g/mol. The molecule has 0 aliphatic carbocycles. The Labute approximate surface area is 216 Å². The number of piperazine rings is 1. The smallest absolute Gasteiger partial charge is 0.243 e. The summed E-state index contributed by atoms with van der Waals surface area (Å²) in [6, 6.07) is 12.9. The molecule has 2 aliphatic heterocycles. The summed E-state index contributed by atoms with van der Waals surface area (Å²) in [6.45, 7) is 7.87. The minimum absolute atomic E-state index is 0.0594. The summed E-state index contributed by atoms with van der Waals surface area (Å²) < 4.78 is 34.5. The van der Waals surface area contributed by atoms with Crippen LogP contribution in [0.25, 0.3) is 10.2 Å². The van der Waals surface area contributed by atoms with Gasteiger partial charge in [-0.25, -0.2) is 13.4 Å². The van der Waals surface area contributed by atoms with Gasteiger partial charge in [-0.15, -0.1) is 0 Å². The lowest BCUT2D eigenvalue weighted by Gasteiger charge is -2.38. The molecule has 2 aromatic carbocycles. The van der Waals surface area contributed by atoms with Gasteiger partial charge >= 0.3 is 0 Å². The lowest BCUT2D eigenvalue weighted by molar-refractivity contribution is -0.137. The van der Waals surface area contributed by atoms with E-state index in [0.717, 1.165) is 33.1 Å². The van der Waals surface area contributed by atoms with Gasteiger partial charge in [0.1, 0.15) is 5.75 Å². The van der Waals surface area contributed by atoms with E-state index in [4.69, 9.17) is 9.72 Å². The Kier molecular flexibility index (Phi) is 7.18. The second-order valence-electron chi connectivity index (χ2n) is 9.39. The highest BCUT2D eigenvalue weighted by molar-refractivity contribution is 7.89. The molecule has 0 N–H and O–H groups in total. The molecule has 2 fully saturated rings. The number of hydrogen-bond donors (Lipinski definition) is 0. The predicted octanol–water partition coefficient (Wildman–Crippen LogP) is 3.75. The van der Waals surface area contributed by atoms with Crippen molar-refractivity contribution in [2.75, 3.05) is 50.8 Å². The molecular formula is C26H32N4O4S2. The summed E-state index contributed by atoms with van der Waals surface area (Å²) in [5, 5.41) is 0.957. The van der Waals surface area contributed by atoms with Crippen LogP contribution in [0.4, 0.5) is 5.13 Å². The number of aryl methyl sites for hydroxylation is 1. The Morgan fingerprint density at radius 3 is 2.56 bits per heavy atom. The van der Waals surface area contributed by atoms with Gasteiger partial charge in [0.05, 0.1) is 27.6 Å². The highest BCUT2D eigenvalue weighted by Gasteiger charge is 2.36. The Morgan fingerprint density at radius 2 is 1.83 bits per heavy atom. The van der Waals surface area contributed by atoms with Crippen molar-refractivity contribution < 1.29 is 17.9 Å². The minimum atomic E-state index is -3.60. The molecule has 2 aliphatic rings. The Bertz CT molecular complexity index is 1330. The highest BCUT2D eigenvalue weighted by atomic mass is 32.2. The lowest BCUT2D eigenvalue weighted by Crippen LogP contribution is -2.53. The van der Waals surface area contributed by atoms with Crippen molar-refractivity contribution >= 4 is 42.6 Å². The number of fused-ring (bicyclic) bond motifs is 1. The fourth-order valence-corrected chi connectivity index (χ4v) is 7.45. The van der Waals surface area contributed by atoms with Gasteiger partial charge in [0.25, 0.3) is 0 Å². The average Bonchev–Trinajstić information content (AvgIpc) is 3.32. The first-order valence-corrected chi connectivity index (χ1v) is 14.7. The number of aromatic nitrogens is 1. The predicted molar refractivity (Wildman–Crippen MR) is 142 cm³/mol. The van der Waals surface area contributed by atoms with Crippen molar-refractivity contribution in [1.29, 1.82) is 0 Å². The lowest BCUT2D eigenvalue weighted by atomic mass is 9.98. The van der Waals surface area contributed by atoms with E-state index >= 15 is 0 Å². The summed E-state index contributed by atoms with van der Waals surface area (Å²) in [7, 11) is -3.60. The maximum absolute atomic E-state index is 13.3. The van der Waals surface area contributed by atoms with Gasteiger partial charge in [-0.2, -0.15) is 4.31 Å². The van der Waals surface area contributed by atoms with Crippen LogP contribution < -0.4 is 9.64 Å². The zero-order chi connectivity index (χ0) is 25.3. The summed E-state index contributed by atoms with van der Waals surface area (Å²) in [4.78, 5) is 22.5. The van der Waals surface area contributed by atoms with E-state index in [1.54, 1.807) is 23.5 Å². The molecule has 5 rings (SSSR count). The number of nitrogens with zero attached hydrogens (tertiary/aromatic N) is 4.